The second-order valence-corrected chi connectivity index (χ2v) is 21.6. The Bertz CT molecular complexity index is 1400. The molecule has 3 N–H and O–H groups in total. The number of rotatable bonds is 49. The summed E-state index contributed by atoms with van der Waals surface area (Å²) in [5.41, 5.74) is 0. The van der Waals surface area contributed by atoms with Crippen molar-refractivity contribution in [2.75, 3.05) is 38.7 Å². The lowest BCUT2D eigenvalue weighted by atomic mass is 10.0. The molecular weight excluding hydrogens is 910 g/mol. The average Bonchev–Trinajstić information content (AvgIpc) is 3.32. The van der Waals surface area contributed by atoms with Crippen LogP contribution in [0.3, 0.4) is 0 Å². The number of aromatic nitrogens is 1. The highest BCUT2D eigenvalue weighted by atomic mass is 33.1. The fraction of sp³-hybridized carbons (Fsp3) is 0.824. The van der Waals surface area contributed by atoms with E-state index in [4.69, 9.17) is 18.5 Å². The molecule has 0 radical (unpaired) electrons. The highest BCUT2D eigenvalue weighted by molar-refractivity contribution is 8.76. The lowest BCUT2D eigenvalue weighted by Gasteiger charge is -2.20. The maximum atomic E-state index is 12.8. The van der Waals surface area contributed by atoms with Crippen LogP contribution >= 0.6 is 29.4 Å². The first kappa shape index (κ1) is 62.9. The van der Waals surface area contributed by atoms with Crippen molar-refractivity contribution in [3.63, 3.8) is 0 Å². The Labute approximate surface area is 414 Å². The topological polar surface area (TPSA) is 179 Å². The molecule has 0 saturated carbocycles. The zero-order valence-corrected chi connectivity index (χ0v) is 44.3. The number of hydrogen-bond acceptors (Lipinski definition) is 12. The molecule has 1 heterocycles. The molecular formula is C51H92N3O10PS2. The van der Waals surface area contributed by atoms with Crippen molar-refractivity contribution in [1.82, 2.24) is 15.6 Å². The second-order valence-electron chi connectivity index (χ2n) is 17.7. The van der Waals surface area contributed by atoms with Crippen LogP contribution in [0.4, 0.5) is 0 Å². The van der Waals surface area contributed by atoms with Gasteiger partial charge in [-0.1, -0.05) is 210 Å². The Morgan fingerprint density at radius 2 is 1.07 bits per heavy atom. The third kappa shape index (κ3) is 43.6. The number of carbonyl (C=O) groups is 4. The van der Waals surface area contributed by atoms with Gasteiger partial charge in [0, 0.05) is 37.8 Å². The maximum Gasteiger partial charge on any atom is 0.472 e. The predicted molar refractivity (Wildman–Crippen MR) is 275 cm³/mol. The summed E-state index contributed by atoms with van der Waals surface area (Å²) >= 11 is 0. The van der Waals surface area contributed by atoms with Crippen molar-refractivity contribution >= 4 is 53.2 Å². The molecule has 0 spiro atoms. The zero-order chi connectivity index (χ0) is 48.7. The van der Waals surface area contributed by atoms with Gasteiger partial charge in [-0.15, -0.1) is 0 Å². The Morgan fingerprint density at radius 3 is 1.55 bits per heavy atom. The highest BCUT2D eigenvalue weighted by Gasteiger charge is 2.26. The van der Waals surface area contributed by atoms with Gasteiger partial charge in [0.2, 0.25) is 11.8 Å². The van der Waals surface area contributed by atoms with Crippen LogP contribution in [0.15, 0.2) is 29.4 Å². The molecule has 1 aromatic heterocycles. The Hall–Kier alpha value is -2.16. The number of phosphoric acid groups is 1. The zero-order valence-electron chi connectivity index (χ0n) is 41.8. The third-order valence-corrected chi connectivity index (χ3v) is 14.7. The predicted octanol–water partition coefficient (Wildman–Crippen LogP) is 13.6. The molecule has 2 amide bonds. The number of phosphoric ester groups is 1. The van der Waals surface area contributed by atoms with Crippen LogP contribution in [0, 0.1) is 0 Å². The van der Waals surface area contributed by atoms with Crippen LogP contribution in [-0.2, 0) is 42.3 Å². The molecule has 13 nitrogen and oxygen atoms in total. The van der Waals surface area contributed by atoms with Crippen molar-refractivity contribution in [2.45, 2.75) is 237 Å². The number of nitrogens with zero attached hydrogens (tertiary/aromatic N) is 1. The van der Waals surface area contributed by atoms with Crippen LogP contribution in [0.2, 0.25) is 0 Å². The van der Waals surface area contributed by atoms with Crippen LogP contribution in [0.5, 0.6) is 0 Å². The minimum absolute atomic E-state index is 0.117. The van der Waals surface area contributed by atoms with E-state index in [9.17, 15) is 28.6 Å². The minimum Gasteiger partial charge on any atom is -0.462 e. The van der Waals surface area contributed by atoms with E-state index in [0.717, 1.165) is 43.6 Å². The van der Waals surface area contributed by atoms with E-state index in [1.165, 1.54) is 163 Å². The number of pyridine rings is 1. The first-order valence-electron chi connectivity index (χ1n) is 26.4. The summed E-state index contributed by atoms with van der Waals surface area (Å²) in [4.78, 5) is 64.3. The van der Waals surface area contributed by atoms with E-state index in [1.54, 1.807) is 6.20 Å². The molecule has 0 aliphatic rings. The van der Waals surface area contributed by atoms with Crippen molar-refractivity contribution in [3.8, 4) is 0 Å². The van der Waals surface area contributed by atoms with E-state index in [-0.39, 0.29) is 51.5 Å². The van der Waals surface area contributed by atoms with Crippen LogP contribution in [0.1, 0.15) is 226 Å². The fourth-order valence-electron chi connectivity index (χ4n) is 7.43. The molecule has 16 heteroatoms. The standard InChI is InChI=1S/C51H92N3O10PS2/c1-3-5-7-9-11-13-15-17-19-21-23-25-27-29-31-36-50(57)61-44-46(64-51(58)37-32-30-28-26-24-22-20-18-16-14-12-10-8-6-4-2)45-63-65(59,60)62-41-40-52-48(56)43-54-47(55)38-42-66-67-49-35-33-34-39-53-49/h33-35,39,46H,3-32,36-38,40-45H2,1-2H3,(H,52,56)(H,54,55)(H,59,60). The quantitative estimate of drug-likeness (QED) is 0.0243. The Kier molecular flexibility index (Phi) is 43.4. The average molecular weight is 1000 g/mol. The second kappa shape index (κ2) is 46.2. The van der Waals surface area contributed by atoms with Crippen LogP contribution in [-0.4, -0.2) is 78.4 Å². The van der Waals surface area contributed by atoms with Gasteiger partial charge in [0.15, 0.2) is 6.10 Å². The van der Waals surface area contributed by atoms with Crippen molar-refractivity contribution in [1.29, 1.82) is 0 Å². The summed E-state index contributed by atoms with van der Waals surface area (Å²) in [5.74, 6) is -1.15. The van der Waals surface area contributed by atoms with Gasteiger partial charge in [0.25, 0.3) is 0 Å². The molecule has 2 unspecified atom stereocenters. The molecule has 1 aromatic rings. The largest absolute Gasteiger partial charge is 0.472 e. The monoisotopic (exact) mass is 1000 g/mol. The number of nitrogens with one attached hydrogen (secondary N) is 2. The van der Waals surface area contributed by atoms with Gasteiger partial charge >= 0.3 is 19.8 Å². The van der Waals surface area contributed by atoms with Crippen molar-refractivity contribution in [3.05, 3.63) is 24.4 Å². The van der Waals surface area contributed by atoms with Gasteiger partial charge in [-0.3, -0.25) is 28.2 Å². The molecule has 0 bridgehead atoms. The summed E-state index contributed by atoms with van der Waals surface area (Å²) in [6, 6.07) is 5.60. The normalized spacial score (nSPS) is 12.6. The van der Waals surface area contributed by atoms with Crippen LogP contribution < -0.4 is 10.6 Å². The molecule has 67 heavy (non-hydrogen) atoms. The van der Waals surface area contributed by atoms with E-state index in [0.29, 0.717) is 18.6 Å². The number of esters is 2. The van der Waals surface area contributed by atoms with Crippen molar-refractivity contribution in [2.24, 2.45) is 0 Å². The van der Waals surface area contributed by atoms with E-state index >= 15 is 0 Å². The third-order valence-electron chi connectivity index (χ3n) is 11.4. The molecule has 1 rings (SSSR count). The number of ether oxygens (including phenoxy) is 2. The number of amides is 2. The summed E-state index contributed by atoms with van der Waals surface area (Å²) < 4.78 is 33.9. The van der Waals surface area contributed by atoms with Crippen molar-refractivity contribution < 1.29 is 47.2 Å². The number of unbranched alkanes of at least 4 members (excludes halogenated alkanes) is 28. The van der Waals surface area contributed by atoms with E-state index in [2.05, 4.69) is 29.5 Å². The first-order chi connectivity index (χ1) is 32.6. The SMILES string of the molecule is CCCCCCCCCCCCCCCCCC(=O)OCC(COP(=O)(O)OCCNC(=O)CNC(=O)CCSSc1ccccn1)OC(=O)CCCCCCCCCCCCCCCCC. The van der Waals surface area contributed by atoms with Crippen LogP contribution in [0.25, 0.3) is 0 Å². The molecule has 2 atom stereocenters. The molecule has 0 aliphatic heterocycles. The van der Waals surface area contributed by atoms with Gasteiger partial charge in [-0.25, -0.2) is 9.55 Å². The Morgan fingerprint density at radius 1 is 0.597 bits per heavy atom. The number of carbonyl (C=O) groups excluding carboxylic acids is 4. The summed E-state index contributed by atoms with van der Waals surface area (Å²) in [5, 5.41) is 5.90. The molecule has 0 aromatic carbocycles. The van der Waals surface area contributed by atoms with Gasteiger partial charge < -0.3 is 25.0 Å². The van der Waals surface area contributed by atoms with E-state index in [1.807, 2.05) is 18.2 Å². The first-order valence-corrected chi connectivity index (χ1v) is 30.2. The minimum atomic E-state index is -4.63. The van der Waals surface area contributed by atoms with Gasteiger partial charge in [-0.2, -0.15) is 0 Å². The summed E-state index contributed by atoms with van der Waals surface area (Å²) in [6.45, 7) is 2.94. The summed E-state index contributed by atoms with van der Waals surface area (Å²) in [7, 11) is -1.67. The van der Waals surface area contributed by atoms with Gasteiger partial charge in [0.05, 0.1) is 19.8 Å². The lowest BCUT2D eigenvalue weighted by Crippen LogP contribution is -2.38. The molecule has 0 aliphatic carbocycles. The maximum absolute atomic E-state index is 12.8. The molecule has 0 saturated heterocycles. The number of hydrogen-bond donors (Lipinski definition) is 3. The fourth-order valence-corrected chi connectivity index (χ4v) is 10.0. The highest BCUT2D eigenvalue weighted by Crippen LogP contribution is 2.43. The smallest absolute Gasteiger partial charge is 0.462 e. The summed E-state index contributed by atoms with van der Waals surface area (Å²) in [6.07, 6.45) is 37.8. The molecule has 388 valence electrons. The van der Waals surface area contributed by atoms with Gasteiger partial charge in [0.1, 0.15) is 11.6 Å². The van der Waals surface area contributed by atoms with Gasteiger partial charge in [-0.05, 0) is 35.8 Å². The Balaban J connectivity index is 2.37. The molecule has 0 fully saturated rings. The lowest BCUT2D eigenvalue weighted by molar-refractivity contribution is -0.161. The van der Waals surface area contributed by atoms with E-state index < -0.39 is 38.4 Å².